The highest BCUT2D eigenvalue weighted by atomic mass is 16.5. The molecule has 0 aliphatic heterocycles. The number of rotatable bonds is 6. The Balaban J connectivity index is 2.64. The number of nitrogens with two attached hydrogens (primary N) is 1. The van der Waals surface area contributed by atoms with Gasteiger partial charge in [-0.3, -0.25) is 0 Å². The molecule has 1 rings (SSSR count). The van der Waals surface area contributed by atoms with Crippen molar-refractivity contribution in [1.82, 2.24) is 4.90 Å². The molecule has 1 aliphatic rings. The second-order valence-electron chi connectivity index (χ2n) is 4.37. The Morgan fingerprint density at radius 2 is 2.13 bits per heavy atom. The van der Waals surface area contributed by atoms with Gasteiger partial charge in [0.15, 0.2) is 0 Å². The van der Waals surface area contributed by atoms with Crippen LogP contribution in [0.2, 0.25) is 0 Å². The lowest BCUT2D eigenvalue weighted by Crippen LogP contribution is -2.58. The number of esters is 1. The van der Waals surface area contributed by atoms with Crippen molar-refractivity contribution in [1.29, 1.82) is 0 Å². The molecule has 1 atom stereocenters. The zero-order valence-corrected chi connectivity index (χ0v) is 9.95. The Hall–Kier alpha value is -0.610. The normalized spacial score (nSPS) is 20.1. The van der Waals surface area contributed by atoms with E-state index in [1.807, 2.05) is 14.0 Å². The van der Waals surface area contributed by atoms with Crippen molar-refractivity contribution in [2.24, 2.45) is 11.7 Å². The Kier molecular flexibility index (Phi) is 4.11. The molecule has 1 unspecified atom stereocenters. The molecule has 0 aromatic heterocycles. The van der Waals surface area contributed by atoms with Crippen molar-refractivity contribution in [3.8, 4) is 0 Å². The molecule has 2 N–H and O–H groups in total. The molecule has 0 bridgehead atoms. The third-order valence-electron chi connectivity index (χ3n) is 3.03. The first-order valence-corrected chi connectivity index (χ1v) is 5.69. The number of nitrogens with zero attached hydrogens (tertiary/aromatic N) is 1. The second kappa shape index (κ2) is 4.94. The van der Waals surface area contributed by atoms with Crippen LogP contribution in [0, 0.1) is 5.92 Å². The summed E-state index contributed by atoms with van der Waals surface area (Å²) in [5.41, 5.74) is 5.40. The van der Waals surface area contributed by atoms with Crippen LogP contribution in [0.25, 0.3) is 0 Å². The van der Waals surface area contributed by atoms with Gasteiger partial charge in [-0.15, -0.1) is 0 Å². The van der Waals surface area contributed by atoms with Crippen molar-refractivity contribution >= 4 is 5.97 Å². The number of carbonyl (C=O) groups excluding carboxylic acids is 1. The average molecular weight is 214 g/mol. The molecule has 4 nitrogen and oxygen atoms in total. The maximum absolute atomic E-state index is 11.8. The molecule has 0 aromatic rings. The van der Waals surface area contributed by atoms with Crippen molar-refractivity contribution in [2.75, 3.05) is 26.7 Å². The molecule has 88 valence electrons. The minimum atomic E-state index is -0.791. The summed E-state index contributed by atoms with van der Waals surface area (Å²) in [4.78, 5) is 13.9. The molecule has 1 aliphatic carbocycles. The molecular formula is C11H22N2O2. The van der Waals surface area contributed by atoms with Crippen LogP contribution in [0.1, 0.15) is 26.7 Å². The van der Waals surface area contributed by atoms with Gasteiger partial charge in [0, 0.05) is 6.54 Å². The first-order chi connectivity index (χ1) is 7.04. The Morgan fingerprint density at radius 3 is 2.53 bits per heavy atom. The van der Waals surface area contributed by atoms with Crippen LogP contribution < -0.4 is 5.73 Å². The van der Waals surface area contributed by atoms with Gasteiger partial charge in [-0.25, -0.2) is 4.79 Å². The number of ether oxygens (including phenoxy) is 1. The highest BCUT2D eigenvalue weighted by Gasteiger charge is 2.49. The van der Waals surface area contributed by atoms with Crippen LogP contribution in [-0.2, 0) is 9.53 Å². The van der Waals surface area contributed by atoms with E-state index in [1.54, 1.807) is 0 Å². The van der Waals surface area contributed by atoms with Gasteiger partial charge >= 0.3 is 5.97 Å². The van der Waals surface area contributed by atoms with Gasteiger partial charge in [-0.2, -0.15) is 0 Å². The summed E-state index contributed by atoms with van der Waals surface area (Å²) in [7, 11) is 1.98. The van der Waals surface area contributed by atoms with Crippen molar-refractivity contribution in [3.63, 3.8) is 0 Å². The molecule has 0 aromatic carbocycles. The molecule has 0 heterocycles. The predicted molar refractivity (Wildman–Crippen MR) is 59.4 cm³/mol. The summed E-state index contributed by atoms with van der Waals surface area (Å²) < 4.78 is 5.06. The minimum Gasteiger partial charge on any atom is -0.465 e. The highest BCUT2D eigenvalue weighted by Crippen LogP contribution is 2.39. The molecule has 1 fully saturated rings. The summed E-state index contributed by atoms with van der Waals surface area (Å²) in [5, 5.41) is 0. The van der Waals surface area contributed by atoms with E-state index in [0.717, 1.165) is 19.4 Å². The van der Waals surface area contributed by atoms with Gasteiger partial charge in [-0.05, 0) is 39.3 Å². The van der Waals surface area contributed by atoms with Crippen LogP contribution >= 0.6 is 0 Å². The lowest BCUT2D eigenvalue weighted by molar-refractivity contribution is -0.151. The molecule has 0 radical (unpaired) electrons. The Labute approximate surface area is 91.8 Å². The first-order valence-electron chi connectivity index (χ1n) is 5.69. The van der Waals surface area contributed by atoms with Gasteiger partial charge < -0.3 is 15.4 Å². The summed E-state index contributed by atoms with van der Waals surface area (Å²) in [6.07, 6.45) is 2.10. The SMILES string of the molecule is CCOC(=O)C(N)(CN(C)CC)C1CC1. The van der Waals surface area contributed by atoms with E-state index in [0.29, 0.717) is 19.1 Å². The summed E-state index contributed by atoms with van der Waals surface area (Å²) >= 11 is 0. The fraction of sp³-hybridized carbons (Fsp3) is 0.909. The summed E-state index contributed by atoms with van der Waals surface area (Å²) in [6.45, 7) is 5.76. The monoisotopic (exact) mass is 214 g/mol. The standard InChI is InChI=1S/C11H22N2O2/c1-4-13(3)8-11(12,9-6-7-9)10(14)15-5-2/h9H,4-8,12H2,1-3H3. The number of hydrogen-bond donors (Lipinski definition) is 1. The molecular weight excluding hydrogens is 192 g/mol. The molecule has 0 saturated heterocycles. The van der Waals surface area contributed by atoms with Gasteiger partial charge in [0.1, 0.15) is 5.54 Å². The van der Waals surface area contributed by atoms with Crippen molar-refractivity contribution in [3.05, 3.63) is 0 Å². The Morgan fingerprint density at radius 1 is 1.53 bits per heavy atom. The smallest absolute Gasteiger partial charge is 0.327 e. The zero-order chi connectivity index (χ0) is 11.5. The van der Waals surface area contributed by atoms with E-state index in [2.05, 4.69) is 11.8 Å². The zero-order valence-electron chi connectivity index (χ0n) is 9.95. The van der Waals surface area contributed by atoms with Crippen molar-refractivity contribution in [2.45, 2.75) is 32.2 Å². The topological polar surface area (TPSA) is 55.6 Å². The molecule has 0 spiro atoms. The van der Waals surface area contributed by atoms with Gasteiger partial charge in [0.25, 0.3) is 0 Å². The minimum absolute atomic E-state index is 0.243. The number of hydrogen-bond acceptors (Lipinski definition) is 4. The van der Waals surface area contributed by atoms with Gasteiger partial charge in [0.05, 0.1) is 6.61 Å². The quantitative estimate of drug-likeness (QED) is 0.658. The van der Waals surface area contributed by atoms with E-state index >= 15 is 0 Å². The molecule has 4 heteroatoms. The maximum atomic E-state index is 11.8. The van der Waals surface area contributed by atoms with Crippen LogP contribution in [-0.4, -0.2) is 43.2 Å². The van der Waals surface area contributed by atoms with Crippen LogP contribution in [0.4, 0.5) is 0 Å². The lowest BCUT2D eigenvalue weighted by atomic mass is 9.94. The number of likely N-dealkylation sites (N-methyl/N-ethyl adjacent to an activating group) is 1. The third-order valence-corrected chi connectivity index (χ3v) is 3.03. The predicted octanol–water partition coefficient (Wildman–Crippen LogP) is 0.609. The van der Waals surface area contributed by atoms with E-state index in [-0.39, 0.29) is 5.97 Å². The molecule has 0 amide bonds. The van der Waals surface area contributed by atoms with Gasteiger partial charge in [0.2, 0.25) is 0 Å². The van der Waals surface area contributed by atoms with E-state index < -0.39 is 5.54 Å². The lowest BCUT2D eigenvalue weighted by Gasteiger charge is -2.31. The molecule has 15 heavy (non-hydrogen) atoms. The molecule has 1 saturated carbocycles. The second-order valence-corrected chi connectivity index (χ2v) is 4.37. The van der Waals surface area contributed by atoms with Gasteiger partial charge in [-0.1, -0.05) is 6.92 Å². The first kappa shape index (κ1) is 12.5. The number of carbonyl (C=O) groups is 1. The Bertz CT molecular complexity index is 229. The van der Waals surface area contributed by atoms with E-state index in [9.17, 15) is 4.79 Å². The fourth-order valence-electron chi connectivity index (χ4n) is 1.78. The maximum Gasteiger partial charge on any atom is 0.327 e. The van der Waals surface area contributed by atoms with E-state index in [4.69, 9.17) is 10.5 Å². The van der Waals surface area contributed by atoms with Crippen LogP contribution in [0.5, 0.6) is 0 Å². The highest BCUT2D eigenvalue weighted by molar-refractivity contribution is 5.82. The van der Waals surface area contributed by atoms with E-state index in [1.165, 1.54) is 0 Å². The fourth-order valence-corrected chi connectivity index (χ4v) is 1.78. The van der Waals surface area contributed by atoms with Crippen LogP contribution in [0.3, 0.4) is 0 Å². The van der Waals surface area contributed by atoms with Crippen molar-refractivity contribution < 1.29 is 9.53 Å². The average Bonchev–Trinajstić information content (AvgIpc) is 3.01. The summed E-state index contributed by atoms with van der Waals surface area (Å²) in [5.74, 6) is 0.0679. The largest absolute Gasteiger partial charge is 0.465 e. The summed E-state index contributed by atoms with van der Waals surface area (Å²) in [6, 6.07) is 0. The van der Waals surface area contributed by atoms with Crippen LogP contribution in [0.15, 0.2) is 0 Å². The third kappa shape index (κ3) is 2.92.